The Labute approximate surface area is 69.2 Å². The number of rotatable bonds is 0. The molecule has 5 nitrogen and oxygen atoms in total. The van der Waals surface area contributed by atoms with Crippen molar-refractivity contribution >= 4 is 17.4 Å². The van der Waals surface area contributed by atoms with Crippen LogP contribution in [0.1, 0.15) is 5.69 Å². The topological polar surface area (TPSA) is 66.9 Å². The minimum Gasteiger partial charge on any atom is -0.359 e. The first-order chi connectivity index (χ1) is 5.77. The lowest BCUT2D eigenvalue weighted by Crippen LogP contribution is -2.28. The fourth-order valence-electron chi connectivity index (χ4n) is 1.10. The minimum absolute atomic E-state index is 0.0552. The number of carbonyl (C=O) groups is 1. The van der Waals surface area contributed by atoms with E-state index < -0.39 is 0 Å². The van der Waals surface area contributed by atoms with E-state index in [1.165, 1.54) is 6.33 Å². The van der Waals surface area contributed by atoms with Crippen molar-refractivity contribution < 1.29 is 4.79 Å². The summed E-state index contributed by atoms with van der Waals surface area (Å²) in [6.07, 6.45) is 1.47. The van der Waals surface area contributed by atoms with Gasteiger partial charge in [-0.1, -0.05) is 0 Å². The second kappa shape index (κ2) is 2.44. The number of hydrogen-bond donors (Lipinski definition) is 2. The predicted octanol–water partition coefficient (Wildman–Crippen LogP) is 0.149. The Morgan fingerprint density at radius 3 is 3.17 bits per heavy atom. The van der Waals surface area contributed by atoms with Crippen LogP contribution in [0.2, 0.25) is 0 Å². The Morgan fingerprint density at radius 1 is 1.50 bits per heavy atom. The lowest BCUT2D eigenvalue weighted by atomic mass is 10.3. The molecule has 12 heavy (non-hydrogen) atoms. The molecule has 0 spiro atoms. The molecule has 1 aliphatic heterocycles. The van der Waals surface area contributed by atoms with Crippen LogP contribution in [-0.2, 0) is 4.79 Å². The number of amides is 1. The first-order valence-electron chi connectivity index (χ1n) is 3.62. The molecule has 1 aromatic heterocycles. The number of fused-ring (bicyclic) bond motifs is 1. The van der Waals surface area contributed by atoms with Crippen LogP contribution in [0.5, 0.6) is 0 Å². The van der Waals surface area contributed by atoms with Crippen molar-refractivity contribution in [1.29, 1.82) is 0 Å². The zero-order chi connectivity index (χ0) is 8.55. The molecular formula is C7H8N4O. The van der Waals surface area contributed by atoms with Gasteiger partial charge in [-0.25, -0.2) is 9.97 Å². The minimum atomic E-state index is -0.0552. The van der Waals surface area contributed by atoms with E-state index in [0.29, 0.717) is 11.5 Å². The highest BCUT2D eigenvalue weighted by molar-refractivity contribution is 6.00. The van der Waals surface area contributed by atoms with Crippen LogP contribution >= 0.6 is 0 Å². The number of anilines is 2. The number of aryl methyl sites for hydroxylation is 1. The van der Waals surface area contributed by atoms with E-state index in [-0.39, 0.29) is 12.5 Å². The molecule has 0 radical (unpaired) electrons. The third-order valence-corrected chi connectivity index (χ3v) is 1.72. The number of aromatic nitrogens is 2. The van der Waals surface area contributed by atoms with Crippen LogP contribution in [0.15, 0.2) is 6.33 Å². The molecule has 0 saturated carbocycles. The Balaban J connectivity index is 2.50. The van der Waals surface area contributed by atoms with Crippen molar-refractivity contribution in [3.8, 4) is 0 Å². The molecule has 5 heteroatoms. The maximum atomic E-state index is 10.9. The van der Waals surface area contributed by atoms with Gasteiger partial charge in [-0.2, -0.15) is 0 Å². The van der Waals surface area contributed by atoms with Crippen LogP contribution in [-0.4, -0.2) is 22.4 Å². The summed E-state index contributed by atoms with van der Waals surface area (Å²) in [5, 5.41) is 5.59. The zero-order valence-corrected chi connectivity index (χ0v) is 6.59. The average molecular weight is 164 g/mol. The van der Waals surface area contributed by atoms with Gasteiger partial charge in [0.05, 0.1) is 12.2 Å². The van der Waals surface area contributed by atoms with Gasteiger partial charge in [0.25, 0.3) is 0 Å². The predicted molar refractivity (Wildman–Crippen MR) is 43.9 cm³/mol. The second-order valence-electron chi connectivity index (χ2n) is 2.58. The van der Waals surface area contributed by atoms with Crippen molar-refractivity contribution in [3.63, 3.8) is 0 Å². The van der Waals surface area contributed by atoms with Crippen LogP contribution < -0.4 is 10.6 Å². The molecule has 2 rings (SSSR count). The second-order valence-corrected chi connectivity index (χ2v) is 2.58. The molecule has 0 aromatic carbocycles. The van der Waals surface area contributed by atoms with Gasteiger partial charge in [0.15, 0.2) is 5.82 Å². The van der Waals surface area contributed by atoms with Crippen LogP contribution in [0, 0.1) is 6.92 Å². The average Bonchev–Trinajstić information content (AvgIpc) is 2.07. The van der Waals surface area contributed by atoms with Crippen molar-refractivity contribution in [1.82, 2.24) is 9.97 Å². The molecule has 1 aliphatic rings. The molecule has 0 bridgehead atoms. The van der Waals surface area contributed by atoms with E-state index in [0.717, 1.165) is 5.69 Å². The molecule has 2 N–H and O–H groups in total. The molecule has 0 aliphatic carbocycles. The number of nitrogens with one attached hydrogen (secondary N) is 2. The zero-order valence-electron chi connectivity index (χ0n) is 6.59. The van der Waals surface area contributed by atoms with Gasteiger partial charge in [0.1, 0.15) is 12.0 Å². The summed E-state index contributed by atoms with van der Waals surface area (Å²) in [5.74, 6) is 0.641. The highest BCUT2D eigenvalue weighted by Crippen LogP contribution is 2.23. The Kier molecular flexibility index (Phi) is 1.43. The van der Waals surface area contributed by atoms with E-state index in [9.17, 15) is 4.79 Å². The van der Waals surface area contributed by atoms with Crippen LogP contribution in [0.25, 0.3) is 0 Å². The highest BCUT2D eigenvalue weighted by Gasteiger charge is 2.16. The summed E-state index contributed by atoms with van der Waals surface area (Å²) >= 11 is 0. The molecule has 0 atom stereocenters. The maximum Gasteiger partial charge on any atom is 0.243 e. The van der Waals surface area contributed by atoms with E-state index in [1.807, 2.05) is 6.92 Å². The van der Waals surface area contributed by atoms with E-state index in [4.69, 9.17) is 0 Å². The number of carbonyl (C=O) groups excluding carboxylic acids is 1. The third kappa shape index (κ3) is 0.990. The molecule has 0 unspecified atom stereocenters. The van der Waals surface area contributed by atoms with Crippen LogP contribution in [0.3, 0.4) is 0 Å². The summed E-state index contributed by atoms with van der Waals surface area (Å²) in [6, 6.07) is 0. The normalized spacial score (nSPS) is 14.6. The Morgan fingerprint density at radius 2 is 2.33 bits per heavy atom. The molecule has 0 fully saturated rings. The number of hydrogen-bond acceptors (Lipinski definition) is 4. The highest BCUT2D eigenvalue weighted by atomic mass is 16.2. The SMILES string of the molecule is Cc1ncnc2c1NC(=O)CN2. The molecule has 62 valence electrons. The monoisotopic (exact) mass is 164 g/mol. The van der Waals surface area contributed by atoms with E-state index in [2.05, 4.69) is 20.6 Å². The largest absolute Gasteiger partial charge is 0.359 e. The first kappa shape index (κ1) is 7.02. The quantitative estimate of drug-likeness (QED) is 0.572. The van der Waals surface area contributed by atoms with Crippen molar-refractivity contribution in [2.45, 2.75) is 6.92 Å². The molecule has 1 aromatic rings. The summed E-state index contributed by atoms with van der Waals surface area (Å²) in [6.45, 7) is 2.11. The smallest absolute Gasteiger partial charge is 0.243 e. The van der Waals surface area contributed by atoms with Crippen molar-refractivity contribution in [2.75, 3.05) is 17.2 Å². The number of nitrogens with zero attached hydrogens (tertiary/aromatic N) is 2. The molecule has 1 amide bonds. The molecular weight excluding hydrogens is 156 g/mol. The first-order valence-corrected chi connectivity index (χ1v) is 3.62. The summed E-state index contributed by atoms with van der Waals surface area (Å²) in [7, 11) is 0. The van der Waals surface area contributed by atoms with Crippen LogP contribution in [0.4, 0.5) is 11.5 Å². The fraction of sp³-hybridized carbons (Fsp3) is 0.286. The van der Waals surface area contributed by atoms with Crippen molar-refractivity contribution in [2.24, 2.45) is 0 Å². The molecule has 2 heterocycles. The fourth-order valence-corrected chi connectivity index (χ4v) is 1.10. The van der Waals surface area contributed by atoms with Gasteiger partial charge in [-0.05, 0) is 6.92 Å². The van der Waals surface area contributed by atoms with E-state index in [1.54, 1.807) is 0 Å². The standard InChI is InChI=1S/C7H8N4O/c1-4-6-7(10-3-9-4)8-2-5(12)11-6/h3H,2H2,1H3,(H,11,12)(H,8,9,10). The van der Waals surface area contributed by atoms with Crippen molar-refractivity contribution in [3.05, 3.63) is 12.0 Å². The van der Waals surface area contributed by atoms with Gasteiger partial charge in [0, 0.05) is 0 Å². The summed E-state index contributed by atoms with van der Waals surface area (Å²) in [5.41, 5.74) is 1.47. The summed E-state index contributed by atoms with van der Waals surface area (Å²) in [4.78, 5) is 18.9. The lowest BCUT2D eigenvalue weighted by Gasteiger charge is -2.17. The van der Waals surface area contributed by atoms with Gasteiger partial charge >= 0.3 is 0 Å². The Hall–Kier alpha value is -1.65. The van der Waals surface area contributed by atoms with E-state index >= 15 is 0 Å². The van der Waals surface area contributed by atoms with Gasteiger partial charge in [-0.3, -0.25) is 4.79 Å². The van der Waals surface area contributed by atoms with Gasteiger partial charge in [-0.15, -0.1) is 0 Å². The summed E-state index contributed by atoms with van der Waals surface area (Å²) < 4.78 is 0. The van der Waals surface area contributed by atoms with Gasteiger partial charge < -0.3 is 10.6 Å². The maximum absolute atomic E-state index is 10.9. The lowest BCUT2D eigenvalue weighted by molar-refractivity contribution is -0.114. The molecule has 0 saturated heterocycles. The third-order valence-electron chi connectivity index (χ3n) is 1.72. The van der Waals surface area contributed by atoms with Gasteiger partial charge in [0.2, 0.25) is 5.91 Å². The Bertz CT molecular complexity index is 336.